The van der Waals surface area contributed by atoms with Crippen LogP contribution in [-0.2, 0) is 16.0 Å². The van der Waals surface area contributed by atoms with Gasteiger partial charge in [0.25, 0.3) is 0 Å². The molecule has 1 saturated heterocycles. The third-order valence-corrected chi connectivity index (χ3v) is 5.59. The summed E-state index contributed by atoms with van der Waals surface area (Å²) in [5, 5.41) is 9.78. The lowest BCUT2D eigenvalue weighted by Crippen LogP contribution is -2.48. The van der Waals surface area contributed by atoms with Gasteiger partial charge in [-0.1, -0.05) is 0 Å². The second-order valence-electron chi connectivity index (χ2n) is 6.18. The molecule has 6 heteroatoms. The van der Waals surface area contributed by atoms with Crippen molar-refractivity contribution in [3.63, 3.8) is 0 Å². The van der Waals surface area contributed by atoms with E-state index in [1.807, 2.05) is 17.3 Å². The fourth-order valence-corrected chi connectivity index (χ4v) is 3.88. The predicted molar refractivity (Wildman–Crippen MR) is 87.0 cm³/mol. The lowest BCUT2D eigenvalue weighted by Gasteiger charge is -2.42. The Hall–Kier alpha value is -0.980. The van der Waals surface area contributed by atoms with Crippen LogP contribution in [0.5, 0.6) is 0 Å². The van der Waals surface area contributed by atoms with Crippen LogP contribution in [-0.4, -0.2) is 54.3 Å². The first-order valence-electron chi connectivity index (χ1n) is 7.87. The number of ether oxygens (including phenoxy) is 1. The molecule has 124 valence electrons. The molecule has 2 rings (SSSR count). The van der Waals surface area contributed by atoms with Crippen molar-refractivity contribution in [3.05, 3.63) is 16.1 Å². The van der Waals surface area contributed by atoms with E-state index >= 15 is 0 Å². The summed E-state index contributed by atoms with van der Waals surface area (Å²) in [6, 6.07) is 0. The minimum Gasteiger partial charge on any atom is -0.396 e. The molecule has 1 fully saturated rings. The van der Waals surface area contributed by atoms with E-state index in [9.17, 15) is 9.90 Å². The zero-order valence-corrected chi connectivity index (χ0v) is 14.3. The monoisotopic (exact) mass is 326 g/mol. The summed E-state index contributed by atoms with van der Waals surface area (Å²) in [6.45, 7) is 4.18. The van der Waals surface area contributed by atoms with Gasteiger partial charge in [-0.25, -0.2) is 4.98 Å². The maximum absolute atomic E-state index is 12.5. The highest BCUT2D eigenvalue weighted by Gasteiger charge is 2.36. The molecule has 5 nitrogen and oxygen atoms in total. The Labute approximate surface area is 136 Å². The summed E-state index contributed by atoms with van der Waals surface area (Å²) in [4.78, 5) is 19.8. The van der Waals surface area contributed by atoms with Gasteiger partial charge in [0.2, 0.25) is 5.91 Å². The standard InChI is InChI=1S/C16H26N2O3S/c1-13-14(22-12-17-13)4-5-15(20)18-8-3-6-16(10-18,11-19)7-9-21-2/h12,19H,3-11H2,1-2H3/t16-/m1/s1. The smallest absolute Gasteiger partial charge is 0.222 e. The number of aromatic nitrogens is 1. The second-order valence-corrected chi connectivity index (χ2v) is 7.12. The summed E-state index contributed by atoms with van der Waals surface area (Å²) in [5.41, 5.74) is 2.67. The number of carbonyl (C=O) groups is 1. The van der Waals surface area contributed by atoms with E-state index in [4.69, 9.17) is 4.74 Å². The fourth-order valence-electron chi connectivity index (χ4n) is 3.10. The number of carbonyl (C=O) groups excluding carboxylic acids is 1. The number of aryl methyl sites for hydroxylation is 2. The second kappa shape index (κ2) is 8.04. The molecule has 0 spiro atoms. The normalized spacial score (nSPS) is 22.0. The molecular weight excluding hydrogens is 300 g/mol. The van der Waals surface area contributed by atoms with Crippen molar-refractivity contribution < 1.29 is 14.6 Å². The number of hydrogen-bond acceptors (Lipinski definition) is 5. The van der Waals surface area contributed by atoms with Gasteiger partial charge in [-0.05, 0) is 32.6 Å². The summed E-state index contributed by atoms with van der Waals surface area (Å²) in [6.07, 6.45) is 4.00. The zero-order chi connectivity index (χ0) is 16.0. The average molecular weight is 326 g/mol. The minimum absolute atomic E-state index is 0.119. The third-order valence-electron chi connectivity index (χ3n) is 4.60. The number of aliphatic hydroxyl groups excluding tert-OH is 1. The fraction of sp³-hybridized carbons (Fsp3) is 0.750. The Bertz CT molecular complexity index is 491. The van der Waals surface area contributed by atoms with Crippen LogP contribution < -0.4 is 0 Å². The van der Waals surface area contributed by atoms with Crippen molar-refractivity contribution in [3.8, 4) is 0 Å². The molecular formula is C16H26N2O3S. The number of methoxy groups -OCH3 is 1. The molecule has 0 bridgehead atoms. The van der Waals surface area contributed by atoms with E-state index in [1.165, 1.54) is 4.88 Å². The lowest BCUT2D eigenvalue weighted by atomic mass is 9.78. The number of likely N-dealkylation sites (tertiary alicyclic amines) is 1. The van der Waals surface area contributed by atoms with Gasteiger partial charge in [-0.2, -0.15) is 0 Å². The van der Waals surface area contributed by atoms with Gasteiger partial charge in [0, 0.05) is 43.5 Å². The number of amides is 1. The summed E-state index contributed by atoms with van der Waals surface area (Å²) in [7, 11) is 1.67. The zero-order valence-electron chi connectivity index (χ0n) is 13.5. The largest absolute Gasteiger partial charge is 0.396 e. The molecule has 0 aromatic carbocycles. The molecule has 1 aliphatic rings. The molecule has 1 amide bonds. The number of aliphatic hydroxyl groups is 1. The van der Waals surface area contributed by atoms with Crippen LogP contribution in [0.4, 0.5) is 0 Å². The van der Waals surface area contributed by atoms with Gasteiger partial charge in [0.15, 0.2) is 0 Å². The van der Waals surface area contributed by atoms with Crippen LogP contribution in [0.15, 0.2) is 5.51 Å². The van der Waals surface area contributed by atoms with Crippen molar-refractivity contribution >= 4 is 17.2 Å². The van der Waals surface area contributed by atoms with Gasteiger partial charge in [-0.15, -0.1) is 11.3 Å². The van der Waals surface area contributed by atoms with Crippen LogP contribution >= 0.6 is 11.3 Å². The summed E-state index contributed by atoms with van der Waals surface area (Å²) >= 11 is 1.62. The first kappa shape index (κ1) is 17.4. The summed E-state index contributed by atoms with van der Waals surface area (Å²) < 4.78 is 5.16. The van der Waals surface area contributed by atoms with Crippen LogP contribution in [0.2, 0.25) is 0 Å². The molecule has 1 N–H and O–H groups in total. The van der Waals surface area contributed by atoms with Crippen LogP contribution in [0.3, 0.4) is 0 Å². The molecule has 0 saturated carbocycles. The molecule has 1 aromatic heterocycles. The van der Waals surface area contributed by atoms with E-state index in [1.54, 1.807) is 18.4 Å². The average Bonchev–Trinajstić information content (AvgIpc) is 2.96. The number of piperidine rings is 1. The Morgan fingerprint density at radius 1 is 1.59 bits per heavy atom. The van der Waals surface area contributed by atoms with Crippen molar-refractivity contribution in [2.75, 3.05) is 33.4 Å². The van der Waals surface area contributed by atoms with E-state index < -0.39 is 0 Å². The highest BCUT2D eigenvalue weighted by Crippen LogP contribution is 2.33. The van der Waals surface area contributed by atoms with Gasteiger partial charge >= 0.3 is 0 Å². The molecule has 1 aliphatic heterocycles. The molecule has 22 heavy (non-hydrogen) atoms. The molecule has 1 aromatic rings. The van der Waals surface area contributed by atoms with Crippen LogP contribution in [0.25, 0.3) is 0 Å². The lowest BCUT2D eigenvalue weighted by molar-refractivity contribution is -0.136. The third kappa shape index (κ3) is 4.27. The highest BCUT2D eigenvalue weighted by atomic mass is 32.1. The molecule has 2 heterocycles. The Balaban J connectivity index is 1.90. The summed E-state index contributed by atoms with van der Waals surface area (Å²) in [5.74, 6) is 0.183. The number of hydrogen-bond donors (Lipinski definition) is 1. The first-order chi connectivity index (χ1) is 10.6. The van der Waals surface area contributed by atoms with E-state index in [-0.39, 0.29) is 17.9 Å². The quantitative estimate of drug-likeness (QED) is 0.833. The van der Waals surface area contributed by atoms with Gasteiger partial charge < -0.3 is 14.7 Å². The van der Waals surface area contributed by atoms with Crippen molar-refractivity contribution in [1.29, 1.82) is 0 Å². The Morgan fingerprint density at radius 3 is 3.05 bits per heavy atom. The SMILES string of the molecule is COCC[C@]1(CO)CCCN(C(=O)CCc2scnc2C)C1. The van der Waals surface area contributed by atoms with E-state index in [2.05, 4.69) is 4.98 Å². The van der Waals surface area contributed by atoms with Crippen molar-refractivity contribution in [2.24, 2.45) is 5.41 Å². The molecule has 1 atom stereocenters. The van der Waals surface area contributed by atoms with Crippen LogP contribution in [0.1, 0.15) is 36.3 Å². The van der Waals surface area contributed by atoms with Crippen LogP contribution in [0, 0.1) is 12.3 Å². The van der Waals surface area contributed by atoms with Crippen molar-refractivity contribution in [2.45, 2.75) is 39.0 Å². The maximum Gasteiger partial charge on any atom is 0.222 e. The van der Waals surface area contributed by atoms with E-state index in [0.29, 0.717) is 19.6 Å². The number of nitrogens with zero attached hydrogens (tertiary/aromatic N) is 2. The van der Waals surface area contributed by atoms with Gasteiger partial charge in [0.1, 0.15) is 0 Å². The molecule has 0 aliphatic carbocycles. The van der Waals surface area contributed by atoms with Gasteiger partial charge in [0.05, 0.1) is 17.8 Å². The van der Waals surface area contributed by atoms with Gasteiger partial charge in [-0.3, -0.25) is 4.79 Å². The Morgan fingerprint density at radius 2 is 2.41 bits per heavy atom. The number of rotatable bonds is 7. The molecule has 0 radical (unpaired) electrons. The Kier molecular flexibility index (Phi) is 6.35. The minimum atomic E-state index is -0.190. The topological polar surface area (TPSA) is 62.7 Å². The molecule has 0 unspecified atom stereocenters. The van der Waals surface area contributed by atoms with E-state index in [0.717, 1.165) is 37.9 Å². The number of thiazole rings is 1. The first-order valence-corrected chi connectivity index (χ1v) is 8.75. The van der Waals surface area contributed by atoms with Crippen molar-refractivity contribution in [1.82, 2.24) is 9.88 Å². The highest BCUT2D eigenvalue weighted by molar-refractivity contribution is 7.09. The maximum atomic E-state index is 12.5. The predicted octanol–water partition coefficient (Wildman–Crippen LogP) is 2.02.